The fourth-order valence-corrected chi connectivity index (χ4v) is 4.06. The van der Waals surface area contributed by atoms with Gasteiger partial charge in [-0.05, 0) is 65.0 Å². The molecule has 0 bridgehead atoms. The van der Waals surface area contributed by atoms with E-state index in [4.69, 9.17) is 0 Å². The molecule has 0 saturated carbocycles. The summed E-state index contributed by atoms with van der Waals surface area (Å²) >= 11 is 1.42. The lowest BCUT2D eigenvalue weighted by molar-refractivity contribution is -0.115. The van der Waals surface area contributed by atoms with Crippen LogP contribution in [-0.2, 0) is 11.3 Å². The molecule has 0 aliphatic rings. The molecule has 2 rings (SSSR count). The summed E-state index contributed by atoms with van der Waals surface area (Å²) < 4.78 is 2.16. The first-order valence-corrected chi connectivity index (χ1v) is 11.3. The van der Waals surface area contributed by atoms with Crippen molar-refractivity contribution in [2.75, 3.05) is 19.4 Å². The topological polar surface area (TPSA) is 80.1 Å². The number of benzene rings is 1. The molecule has 0 radical (unpaired) electrons. The molecule has 0 fully saturated rings. The Morgan fingerprint density at radius 3 is 2.37 bits per heavy atom. The fourth-order valence-electron chi connectivity index (χ4n) is 3.18. The van der Waals surface area contributed by atoms with Gasteiger partial charge in [-0.2, -0.15) is 0 Å². The maximum absolute atomic E-state index is 12.7. The highest BCUT2D eigenvalue weighted by atomic mass is 32.2. The maximum Gasteiger partial charge on any atom is 0.237 e. The molecule has 0 aliphatic carbocycles. The second-order valence-corrected chi connectivity index (χ2v) is 8.92. The molecule has 30 heavy (non-hydrogen) atoms. The summed E-state index contributed by atoms with van der Waals surface area (Å²) in [5.74, 6) is 0.842. The van der Waals surface area contributed by atoms with Crippen molar-refractivity contribution in [2.45, 2.75) is 70.0 Å². The van der Waals surface area contributed by atoms with E-state index in [0.717, 1.165) is 36.8 Å². The highest BCUT2D eigenvalue weighted by Gasteiger charge is 2.24. The number of unbranched alkanes of at least 4 members (excludes halogenated alkanes) is 1. The number of Topliss-reactive ketones (excluding diaryl/α,β-unsaturated/α-hetero) is 1. The number of ketones is 1. The summed E-state index contributed by atoms with van der Waals surface area (Å²) in [4.78, 5) is 26.3. The van der Waals surface area contributed by atoms with Crippen LogP contribution in [0.4, 0.5) is 5.69 Å². The minimum absolute atomic E-state index is 0.00197. The van der Waals surface area contributed by atoms with E-state index < -0.39 is 0 Å². The molecule has 0 saturated heterocycles. The van der Waals surface area contributed by atoms with Gasteiger partial charge in [-0.3, -0.25) is 14.5 Å². The predicted molar refractivity (Wildman–Crippen MR) is 122 cm³/mol. The zero-order valence-corrected chi connectivity index (χ0v) is 19.6. The van der Waals surface area contributed by atoms with Gasteiger partial charge in [0, 0.05) is 17.8 Å². The standard InChI is InChI=1S/C22H33N5O2S/c1-7-9-14-27-20(19(8-2)26(5)6)24-25-22(27)30-16(4)21(29)23-18-12-10-17(11-13-18)15(3)28/h10-13,16,19H,7-9,14H2,1-6H3,(H,23,29)/t16-,19-/m1/s1. The summed E-state index contributed by atoms with van der Waals surface area (Å²) in [5.41, 5.74) is 1.29. The van der Waals surface area contributed by atoms with Gasteiger partial charge in [0.1, 0.15) is 0 Å². The lowest BCUT2D eigenvalue weighted by Crippen LogP contribution is -2.24. The number of carbonyl (C=O) groups excluding carboxylic acids is 2. The highest BCUT2D eigenvalue weighted by molar-refractivity contribution is 8.00. The Bertz CT molecular complexity index is 848. The van der Waals surface area contributed by atoms with Crippen molar-refractivity contribution >= 4 is 29.1 Å². The quantitative estimate of drug-likeness (QED) is 0.419. The predicted octanol–water partition coefficient (Wildman–Crippen LogP) is 4.41. The van der Waals surface area contributed by atoms with E-state index in [1.807, 2.05) is 21.0 Å². The number of thioether (sulfide) groups is 1. The van der Waals surface area contributed by atoms with Gasteiger partial charge in [0.15, 0.2) is 16.8 Å². The average molecular weight is 432 g/mol. The molecule has 2 aromatic rings. The van der Waals surface area contributed by atoms with Crippen molar-refractivity contribution in [3.05, 3.63) is 35.7 Å². The number of nitrogens with one attached hydrogen (secondary N) is 1. The van der Waals surface area contributed by atoms with E-state index in [0.29, 0.717) is 11.3 Å². The third-order valence-corrected chi connectivity index (χ3v) is 6.08. The van der Waals surface area contributed by atoms with Gasteiger partial charge in [0.05, 0.1) is 11.3 Å². The number of rotatable bonds is 11. The second-order valence-electron chi connectivity index (χ2n) is 7.62. The van der Waals surface area contributed by atoms with Crippen LogP contribution in [0.15, 0.2) is 29.4 Å². The summed E-state index contributed by atoms with van der Waals surface area (Å²) in [6, 6.07) is 7.12. The van der Waals surface area contributed by atoms with E-state index in [1.165, 1.54) is 18.7 Å². The normalized spacial score (nSPS) is 13.3. The molecule has 0 unspecified atom stereocenters. The number of carbonyl (C=O) groups is 2. The molecule has 2 atom stereocenters. The number of hydrogen-bond acceptors (Lipinski definition) is 6. The first kappa shape index (κ1) is 24.1. The van der Waals surface area contributed by atoms with Crippen molar-refractivity contribution in [1.29, 1.82) is 0 Å². The van der Waals surface area contributed by atoms with Crippen LogP contribution in [0.25, 0.3) is 0 Å². The van der Waals surface area contributed by atoms with Crippen LogP contribution < -0.4 is 5.32 Å². The Hall–Kier alpha value is -2.19. The molecule has 1 heterocycles. The molecule has 164 valence electrons. The lowest BCUT2D eigenvalue weighted by Gasteiger charge is -2.23. The largest absolute Gasteiger partial charge is 0.325 e. The van der Waals surface area contributed by atoms with Gasteiger partial charge >= 0.3 is 0 Å². The lowest BCUT2D eigenvalue weighted by atomic mass is 10.1. The number of hydrogen-bond donors (Lipinski definition) is 1. The Morgan fingerprint density at radius 1 is 1.17 bits per heavy atom. The van der Waals surface area contributed by atoms with Gasteiger partial charge < -0.3 is 9.88 Å². The third kappa shape index (κ3) is 6.15. The molecule has 1 aromatic carbocycles. The van der Waals surface area contributed by atoms with Crippen LogP contribution in [0.5, 0.6) is 0 Å². The molecular formula is C22H33N5O2S. The van der Waals surface area contributed by atoms with E-state index in [-0.39, 0.29) is 23.0 Å². The number of amides is 1. The average Bonchev–Trinajstić information content (AvgIpc) is 3.09. The van der Waals surface area contributed by atoms with E-state index in [1.54, 1.807) is 24.3 Å². The molecular weight excluding hydrogens is 398 g/mol. The number of nitrogens with zero attached hydrogens (tertiary/aromatic N) is 4. The fraction of sp³-hybridized carbons (Fsp3) is 0.545. The van der Waals surface area contributed by atoms with Crippen molar-refractivity contribution in [1.82, 2.24) is 19.7 Å². The SMILES string of the molecule is CCCCn1c(S[C@H](C)C(=O)Nc2ccc(C(C)=O)cc2)nnc1[C@@H](CC)N(C)C. The van der Waals surface area contributed by atoms with Gasteiger partial charge in [-0.25, -0.2) is 0 Å². The zero-order valence-electron chi connectivity index (χ0n) is 18.8. The van der Waals surface area contributed by atoms with Gasteiger partial charge in [-0.1, -0.05) is 32.0 Å². The van der Waals surface area contributed by atoms with Gasteiger partial charge in [0.25, 0.3) is 0 Å². The molecule has 0 aliphatic heterocycles. The van der Waals surface area contributed by atoms with E-state index in [9.17, 15) is 9.59 Å². The third-order valence-electron chi connectivity index (χ3n) is 5.00. The van der Waals surface area contributed by atoms with Crippen molar-refractivity contribution < 1.29 is 9.59 Å². The number of anilines is 1. The van der Waals surface area contributed by atoms with Gasteiger partial charge in [0.2, 0.25) is 5.91 Å². The second kappa shape index (κ2) is 11.3. The maximum atomic E-state index is 12.7. The van der Waals surface area contributed by atoms with Crippen LogP contribution in [0.3, 0.4) is 0 Å². The van der Waals surface area contributed by atoms with Crippen LogP contribution in [0, 0.1) is 0 Å². The monoisotopic (exact) mass is 431 g/mol. The summed E-state index contributed by atoms with van der Waals surface area (Å²) in [5, 5.41) is 12.2. The summed E-state index contributed by atoms with van der Waals surface area (Å²) in [7, 11) is 4.10. The molecule has 1 amide bonds. The Kier molecular flexibility index (Phi) is 9.05. The van der Waals surface area contributed by atoms with Crippen LogP contribution in [0.2, 0.25) is 0 Å². The molecule has 1 N–H and O–H groups in total. The summed E-state index contributed by atoms with van der Waals surface area (Å²) in [6.45, 7) is 8.53. The molecule has 1 aromatic heterocycles. The Balaban J connectivity index is 2.14. The first-order chi connectivity index (χ1) is 14.3. The first-order valence-electron chi connectivity index (χ1n) is 10.5. The van der Waals surface area contributed by atoms with Crippen molar-refractivity contribution in [3.8, 4) is 0 Å². The van der Waals surface area contributed by atoms with Crippen LogP contribution in [0.1, 0.15) is 69.2 Å². The van der Waals surface area contributed by atoms with E-state index >= 15 is 0 Å². The highest BCUT2D eigenvalue weighted by Crippen LogP contribution is 2.28. The molecule has 0 spiro atoms. The molecule has 7 nitrogen and oxygen atoms in total. The minimum Gasteiger partial charge on any atom is -0.325 e. The van der Waals surface area contributed by atoms with Crippen molar-refractivity contribution in [2.24, 2.45) is 0 Å². The zero-order chi connectivity index (χ0) is 22.3. The Morgan fingerprint density at radius 2 is 1.83 bits per heavy atom. The van der Waals surface area contributed by atoms with Gasteiger partial charge in [-0.15, -0.1) is 10.2 Å². The summed E-state index contributed by atoms with van der Waals surface area (Å²) in [6.07, 6.45) is 3.05. The van der Waals surface area contributed by atoms with Crippen molar-refractivity contribution in [3.63, 3.8) is 0 Å². The smallest absolute Gasteiger partial charge is 0.237 e. The molecule has 8 heteroatoms. The minimum atomic E-state index is -0.339. The Labute approximate surface area is 183 Å². The van der Waals surface area contributed by atoms with E-state index in [2.05, 4.69) is 38.8 Å². The van der Waals surface area contributed by atoms with Crippen LogP contribution >= 0.6 is 11.8 Å². The number of aromatic nitrogens is 3. The van der Waals surface area contributed by atoms with Crippen LogP contribution in [-0.4, -0.2) is 50.7 Å².